The molecule has 104 valence electrons. The van der Waals surface area contributed by atoms with E-state index in [2.05, 4.69) is 5.32 Å². The Kier molecular flexibility index (Phi) is 4.77. The number of aryl methyl sites for hydroxylation is 1. The molecule has 4 heteroatoms. The first-order valence-electron chi connectivity index (χ1n) is 7.16. The maximum absolute atomic E-state index is 10.8. The lowest BCUT2D eigenvalue weighted by atomic mass is 10.00. The largest absolute Gasteiger partial charge is 0.384 e. The van der Waals surface area contributed by atoms with Gasteiger partial charge in [0.25, 0.3) is 5.69 Å². The molecule has 0 saturated heterocycles. The molecular formula is C15H22N2O2. The maximum Gasteiger partial charge on any atom is 0.271 e. The van der Waals surface area contributed by atoms with Crippen LogP contribution in [-0.4, -0.2) is 11.5 Å². The molecule has 0 heterocycles. The van der Waals surface area contributed by atoms with Gasteiger partial charge in [-0.1, -0.05) is 31.7 Å². The zero-order valence-electron chi connectivity index (χ0n) is 11.5. The summed E-state index contributed by atoms with van der Waals surface area (Å²) in [5.74, 6) is 0.709. The van der Waals surface area contributed by atoms with Crippen LogP contribution in [0.25, 0.3) is 0 Å². The Bertz CT molecular complexity index is 438. The fraction of sp³-hybridized carbons (Fsp3) is 0.600. The summed E-state index contributed by atoms with van der Waals surface area (Å²) in [6.07, 6.45) is 7.90. The van der Waals surface area contributed by atoms with Gasteiger partial charge in [-0.05, 0) is 31.2 Å². The maximum atomic E-state index is 10.8. The number of hydrogen-bond donors (Lipinski definition) is 1. The molecule has 4 nitrogen and oxygen atoms in total. The number of nitrogens with one attached hydrogen (secondary N) is 1. The Morgan fingerprint density at radius 1 is 1.26 bits per heavy atom. The fourth-order valence-electron chi connectivity index (χ4n) is 2.74. The highest BCUT2D eigenvalue weighted by Crippen LogP contribution is 2.25. The molecule has 0 aromatic heterocycles. The predicted octanol–water partition coefficient (Wildman–Crippen LogP) is 4.29. The van der Waals surface area contributed by atoms with Gasteiger partial charge in [-0.25, -0.2) is 0 Å². The van der Waals surface area contributed by atoms with Crippen LogP contribution in [0.3, 0.4) is 0 Å². The van der Waals surface area contributed by atoms with Gasteiger partial charge in [0.2, 0.25) is 0 Å². The van der Waals surface area contributed by atoms with Crippen LogP contribution in [0.4, 0.5) is 11.4 Å². The molecule has 1 aliphatic rings. The van der Waals surface area contributed by atoms with E-state index in [0.29, 0.717) is 5.92 Å². The van der Waals surface area contributed by atoms with Crippen molar-refractivity contribution in [1.82, 2.24) is 0 Å². The van der Waals surface area contributed by atoms with E-state index in [9.17, 15) is 10.1 Å². The minimum atomic E-state index is -0.337. The van der Waals surface area contributed by atoms with Gasteiger partial charge in [0.1, 0.15) is 0 Å². The van der Waals surface area contributed by atoms with Crippen LogP contribution in [0.1, 0.15) is 44.1 Å². The second kappa shape index (κ2) is 6.55. The SMILES string of the molecule is Cc1ccc([N+](=O)[O-])cc1NCC1CCCCCC1. The first-order valence-corrected chi connectivity index (χ1v) is 7.16. The highest BCUT2D eigenvalue weighted by molar-refractivity contribution is 5.56. The van der Waals surface area contributed by atoms with Gasteiger partial charge >= 0.3 is 0 Å². The topological polar surface area (TPSA) is 55.2 Å². The van der Waals surface area contributed by atoms with E-state index in [1.807, 2.05) is 13.0 Å². The molecule has 0 amide bonds. The Hall–Kier alpha value is -1.58. The third-order valence-corrected chi connectivity index (χ3v) is 3.99. The number of hydrogen-bond acceptors (Lipinski definition) is 3. The summed E-state index contributed by atoms with van der Waals surface area (Å²) in [7, 11) is 0. The molecule has 1 saturated carbocycles. The van der Waals surface area contributed by atoms with Crippen LogP contribution >= 0.6 is 0 Å². The molecule has 0 atom stereocenters. The molecule has 1 fully saturated rings. The highest BCUT2D eigenvalue weighted by atomic mass is 16.6. The lowest BCUT2D eigenvalue weighted by Gasteiger charge is -2.16. The van der Waals surface area contributed by atoms with Crippen molar-refractivity contribution >= 4 is 11.4 Å². The molecule has 19 heavy (non-hydrogen) atoms. The first-order chi connectivity index (χ1) is 9.16. The van der Waals surface area contributed by atoms with Crippen LogP contribution in [0, 0.1) is 23.0 Å². The van der Waals surface area contributed by atoms with Crippen LogP contribution in [0.15, 0.2) is 18.2 Å². The number of non-ortho nitro benzene ring substituents is 1. The zero-order valence-corrected chi connectivity index (χ0v) is 11.5. The van der Waals surface area contributed by atoms with E-state index >= 15 is 0 Å². The van der Waals surface area contributed by atoms with Gasteiger partial charge < -0.3 is 5.32 Å². The molecule has 1 N–H and O–H groups in total. The number of nitro groups is 1. The van der Waals surface area contributed by atoms with Gasteiger partial charge in [-0.15, -0.1) is 0 Å². The third-order valence-electron chi connectivity index (χ3n) is 3.99. The summed E-state index contributed by atoms with van der Waals surface area (Å²) in [4.78, 5) is 10.5. The highest BCUT2D eigenvalue weighted by Gasteiger charge is 2.13. The minimum absolute atomic E-state index is 0.161. The summed E-state index contributed by atoms with van der Waals surface area (Å²) < 4.78 is 0. The lowest BCUT2D eigenvalue weighted by Crippen LogP contribution is -2.14. The smallest absolute Gasteiger partial charge is 0.271 e. The zero-order chi connectivity index (χ0) is 13.7. The Balaban J connectivity index is 1.97. The van der Waals surface area contributed by atoms with Gasteiger partial charge in [0.15, 0.2) is 0 Å². The number of anilines is 1. The van der Waals surface area contributed by atoms with E-state index in [0.717, 1.165) is 17.8 Å². The number of rotatable bonds is 4. The van der Waals surface area contributed by atoms with Gasteiger partial charge in [0, 0.05) is 24.4 Å². The van der Waals surface area contributed by atoms with Crippen molar-refractivity contribution in [3.63, 3.8) is 0 Å². The van der Waals surface area contributed by atoms with E-state index in [-0.39, 0.29) is 10.6 Å². The normalized spacial score (nSPS) is 16.9. The predicted molar refractivity (Wildman–Crippen MR) is 77.5 cm³/mol. The van der Waals surface area contributed by atoms with Crippen molar-refractivity contribution in [2.45, 2.75) is 45.4 Å². The van der Waals surface area contributed by atoms with Crippen molar-refractivity contribution in [3.8, 4) is 0 Å². The van der Waals surface area contributed by atoms with Gasteiger partial charge in [-0.3, -0.25) is 10.1 Å². The van der Waals surface area contributed by atoms with E-state index in [4.69, 9.17) is 0 Å². The van der Waals surface area contributed by atoms with E-state index < -0.39 is 0 Å². The lowest BCUT2D eigenvalue weighted by molar-refractivity contribution is -0.384. The van der Waals surface area contributed by atoms with Crippen molar-refractivity contribution in [1.29, 1.82) is 0 Å². The molecule has 0 bridgehead atoms. The molecule has 1 aromatic carbocycles. The monoisotopic (exact) mass is 262 g/mol. The minimum Gasteiger partial charge on any atom is -0.384 e. The van der Waals surface area contributed by atoms with Crippen molar-refractivity contribution in [2.24, 2.45) is 5.92 Å². The molecule has 1 aliphatic carbocycles. The number of benzene rings is 1. The molecule has 0 unspecified atom stereocenters. The standard InChI is InChI=1S/C15H22N2O2/c1-12-8-9-14(17(18)19)10-15(12)16-11-13-6-4-2-3-5-7-13/h8-10,13,16H,2-7,11H2,1H3. The van der Waals surface area contributed by atoms with Gasteiger partial charge in [-0.2, -0.15) is 0 Å². The molecule has 0 spiro atoms. The third kappa shape index (κ3) is 3.94. The molecule has 0 aliphatic heterocycles. The van der Waals surface area contributed by atoms with E-state index in [1.54, 1.807) is 12.1 Å². The Morgan fingerprint density at radius 3 is 2.58 bits per heavy atom. The van der Waals surface area contributed by atoms with Crippen LogP contribution in [0.2, 0.25) is 0 Å². The van der Waals surface area contributed by atoms with Crippen LogP contribution < -0.4 is 5.32 Å². The van der Waals surface area contributed by atoms with Crippen molar-refractivity contribution in [3.05, 3.63) is 33.9 Å². The Morgan fingerprint density at radius 2 is 1.95 bits per heavy atom. The summed E-state index contributed by atoms with van der Waals surface area (Å²) in [5, 5.41) is 14.2. The average Bonchev–Trinajstić information content (AvgIpc) is 2.66. The first kappa shape index (κ1) is 13.8. The summed E-state index contributed by atoms with van der Waals surface area (Å²) in [6, 6.07) is 5.02. The van der Waals surface area contributed by atoms with Crippen molar-refractivity contribution in [2.75, 3.05) is 11.9 Å². The number of nitro benzene ring substituents is 1. The van der Waals surface area contributed by atoms with E-state index in [1.165, 1.54) is 38.5 Å². The summed E-state index contributed by atoms with van der Waals surface area (Å²) in [5.41, 5.74) is 2.13. The summed E-state index contributed by atoms with van der Waals surface area (Å²) >= 11 is 0. The molecule has 1 aromatic rings. The van der Waals surface area contributed by atoms with Crippen LogP contribution in [0.5, 0.6) is 0 Å². The fourth-order valence-corrected chi connectivity index (χ4v) is 2.74. The second-order valence-corrected chi connectivity index (χ2v) is 5.49. The molecule has 2 rings (SSSR count). The molecular weight excluding hydrogens is 240 g/mol. The number of nitrogens with zero attached hydrogens (tertiary/aromatic N) is 1. The second-order valence-electron chi connectivity index (χ2n) is 5.49. The summed E-state index contributed by atoms with van der Waals surface area (Å²) in [6.45, 7) is 2.92. The average molecular weight is 262 g/mol. The van der Waals surface area contributed by atoms with Crippen molar-refractivity contribution < 1.29 is 4.92 Å². The van der Waals surface area contributed by atoms with Gasteiger partial charge in [0.05, 0.1) is 4.92 Å². The molecule has 0 radical (unpaired) electrons. The quantitative estimate of drug-likeness (QED) is 0.500. The Labute approximate surface area is 114 Å². The van der Waals surface area contributed by atoms with Crippen LogP contribution in [-0.2, 0) is 0 Å².